The summed E-state index contributed by atoms with van der Waals surface area (Å²) in [6, 6.07) is 6.17. The largest absolute Gasteiger partial charge is 0.573 e. The van der Waals surface area contributed by atoms with Gasteiger partial charge in [0, 0.05) is 6.04 Å². The summed E-state index contributed by atoms with van der Waals surface area (Å²) in [5, 5.41) is 3.17. The highest BCUT2D eigenvalue weighted by atomic mass is 19.4. The van der Waals surface area contributed by atoms with Crippen LogP contribution in [-0.2, 0) is 0 Å². The van der Waals surface area contributed by atoms with Crippen molar-refractivity contribution < 1.29 is 17.9 Å². The summed E-state index contributed by atoms with van der Waals surface area (Å²) in [5.41, 5.74) is 0.949. The van der Waals surface area contributed by atoms with Gasteiger partial charge in [0.1, 0.15) is 5.75 Å². The maximum atomic E-state index is 12.3. The third-order valence-corrected chi connectivity index (χ3v) is 3.91. The summed E-state index contributed by atoms with van der Waals surface area (Å²) >= 11 is 0. The zero-order valence-electron chi connectivity index (χ0n) is 13.2. The number of hydrogen-bond donors (Lipinski definition) is 1. The highest BCUT2D eigenvalue weighted by Crippen LogP contribution is 2.34. The predicted octanol–water partition coefficient (Wildman–Crippen LogP) is 4.92. The van der Waals surface area contributed by atoms with Crippen LogP contribution < -0.4 is 10.1 Å². The smallest absolute Gasteiger partial charge is 0.406 e. The number of nitrogens with one attached hydrogen (secondary N) is 1. The van der Waals surface area contributed by atoms with Crippen LogP contribution in [0.4, 0.5) is 13.2 Å². The quantitative estimate of drug-likeness (QED) is 0.833. The van der Waals surface area contributed by atoms with E-state index in [2.05, 4.69) is 37.7 Å². The molecular weight excluding hydrogens is 279 g/mol. The van der Waals surface area contributed by atoms with Gasteiger partial charge in [0.2, 0.25) is 0 Å². The zero-order chi connectivity index (χ0) is 16.3. The fourth-order valence-electron chi connectivity index (χ4n) is 2.06. The van der Waals surface area contributed by atoms with Crippen molar-refractivity contribution in [1.82, 2.24) is 5.32 Å². The molecule has 0 aromatic heterocycles. The molecule has 1 aromatic rings. The van der Waals surface area contributed by atoms with Gasteiger partial charge in [-0.15, -0.1) is 13.2 Å². The van der Waals surface area contributed by atoms with Crippen LogP contribution in [0.25, 0.3) is 0 Å². The average molecular weight is 303 g/mol. The number of ether oxygens (including phenoxy) is 1. The molecule has 5 heteroatoms. The van der Waals surface area contributed by atoms with E-state index in [1.807, 2.05) is 13.1 Å². The van der Waals surface area contributed by atoms with E-state index in [1.54, 1.807) is 6.07 Å². The molecule has 0 bridgehead atoms. The molecule has 0 saturated carbocycles. The Balaban J connectivity index is 2.89. The number of hydrogen-bond acceptors (Lipinski definition) is 2. The molecule has 0 fully saturated rings. The van der Waals surface area contributed by atoms with Crippen LogP contribution in [0.5, 0.6) is 5.75 Å². The Bertz CT molecular complexity index is 452. The lowest BCUT2D eigenvalue weighted by Crippen LogP contribution is -2.25. The Hall–Kier alpha value is -1.23. The first kappa shape index (κ1) is 17.8. The van der Waals surface area contributed by atoms with Gasteiger partial charge < -0.3 is 10.1 Å². The summed E-state index contributed by atoms with van der Waals surface area (Å²) in [7, 11) is 1.82. The van der Waals surface area contributed by atoms with Crippen molar-refractivity contribution in [1.29, 1.82) is 0 Å². The minimum absolute atomic E-state index is 0.00370. The van der Waals surface area contributed by atoms with Gasteiger partial charge in [-0.05, 0) is 42.5 Å². The van der Waals surface area contributed by atoms with Crippen LogP contribution in [0, 0.1) is 11.3 Å². The minimum atomic E-state index is -4.66. The molecular formula is C16H24F3NO. The van der Waals surface area contributed by atoms with Crippen LogP contribution >= 0.6 is 0 Å². The van der Waals surface area contributed by atoms with Crippen molar-refractivity contribution in [2.24, 2.45) is 11.3 Å². The van der Waals surface area contributed by atoms with E-state index in [9.17, 15) is 13.2 Å². The van der Waals surface area contributed by atoms with Crippen LogP contribution in [0.1, 0.15) is 45.7 Å². The van der Waals surface area contributed by atoms with Crippen LogP contribution in [0.3, 0.4) is 0 Å². The molecule has 0 aliphatic heterocycles. The van der Waals surface area contributed by atoms with Crippen LogP contribution in [0.15, 0.2) is 24.3 Å². The molecule has 21 heavy (non-hydrogen) atoms. The first-order chi connectivity index (χ1) is 9.53. The van der Waals surface area contributed by atoms with Gasteiger partial charge in [0.05, 0.1) is 0 Å². The van der Waals surface area contributed by atoms with Crippen molar-refractivity contribution in [3.8, 4) is 5.75 Å². The highest BCUT2D eigenvalue weighted by Gasteiger charge is 2.31. The van der Waals surface area contributed by atoms with E-state index in [-0.39, 0.29) is 17.2 Å². The summed E-state index contributed by atoms with van der Waals surface area (Å²) < 4.78 is 40.8. The second-order valence-corrected chi connectivity index (χ2v) is 6.46. The fourth-order valence-corrected chi connectivity index (χ4v) is 2.06. The van der Waals surface area contributed by atoms with Gasteiger partial charge in [-0.25, -0.2) is 0 Å². The zero-order valence-corrected chi connectivity index (χ0v) is 13.2. The van der Waals surface area contributed by atoms with E-state index in [1.165, 1.54) is 12.1 Å². The van der Waals surface area contributed by atoms with E-state index >= 15 is 0 Å². The molecule has 2 atom stereocenters. The van der Waals surface area contributed by atoms with Gasteiger partial charge in [0.25, 0.3) is 0 Å². The lowest BCUT2D eigenvalue weighted by atomic mass is 9.77. The normalized spacial score (nSPS) is 15.6. The topological polar surface area (TPSA) is 21.3 Å². The summed E-state index contributed by atoms with van der Waals surface area (Å²) in [6.07, 6.45) is -3.82. The van der Waals surface area contributed by atoms with Crippen molar-refractivity contribution in [2.45, 2.75) is 46.5 Å². The fraction of sp³-hybridized carbons (Fsp3) is 0.625. The second kappa shape index (κ2) is 6.69. The lowest BCUT2D eigenvalue weighted by molar-refractivity contribution is -0.274. The SMILES string of the molecule is CNC(CC(C)C(C)(C)C)c1cccc(OC(F)(F)F)c1. The van der Waals surface area contributed by atoms with Crippen molar-refractivity contribution in [3.05, 3.63) is 29.8 Å². The second-order valence-electron chi connectivity index (χ2n) is 6.46. The Morgan fingerprint density at radius 1 is 1.19 bits per heavy atom. The predicted molar refractivity (Wildman–Crippen MR) is 78.2 cm³/mol. The lowest BCUT2D eigenvalue weighted by Gasteiger charge is -2.31. The van der Waals surface area contributed by atoms with E-state index in [0.717, 1.165) is 12.0 Å². The van der Waals surface area contributed by atoms with Gasteiger partial charge in [-0.3, -0.25) is 0 Å². The van der Waals surface area contributed by atoms with Crippen molar-refractivity contribution in [3.63, 3.8) is 0 Å². The molecule has 0 saturated heterocycles. The molecule has 1 rings (SSSR count). The molecule has 0 aliphatic rings. The molecule has 2 unspecified atom stereocenters. The molecule has 0 aliphatic carbocycles. The monoisotopic (exact) mass is 303 g/mol. The Morgan fingerprint density at radius 3 is 2.29 bits per heavy atom. The molecule has 0 radical (unpaired) electrons. The Morgan fingerprint density at radius 2 is 1.81 bits per heavy atom. The first-order valence-electron chi connectivity index (χ1n) is 7.06. The molecule has 1 aromatic carbocycles. The van der Waals surface area contributed by atoms with Gasteiger partial charge >= 0.3 is 6.36 Å². The van der Waals surface area contributed by atoms with Crippen LogP contribution in [-0.4, -0.2) is 13.4 Å². The van der Waals surface area contributed by atoms with Crippen molar-refractivity contribution in [2.75, 3.05) is 7.05 Å². The van der Waals surface area contributed by atoms with E-state index in [0.29, 0.717) is 5.92 Å². The molecule has 0 heterocycles. The number of halogens is 3. The third-order valence-electron chi connectivity index (χ3n) is 3.91. The van der Waals surface area contributed by atoms with Crippen molar-refractivity contribution >= 4 is 0 Å². The average Bonchev–Trinajstić information content (AvgIpc) is 2.32. The molecule has 2 nitrogen and oxygen atoms in total. The summed E-state index contributed by atoms with van der Waals surface area (Å²) in [4.78, 5) is 0. The molecule has 1 N–H and O–H groups in total. The minimum Gasteiger partial charge on any atom is -0.406 e. The van der Waals surface area contributed by atoms with E-state index in [4.69, 9.17) is 0 Å². The summed E-state index contributed by atoms with van der Waals surface area (Å²) in [5.74, 6) is 0.241. The van der Waals surface area contributed by atoms with Gasteiger partial charge in [0.15, 0.2) is 0 Å². The molecule has 0 spiro atoms. The standard InChI is InChI=1S/C16H24F3NO/c1-11(15(2,3)4)9-14(20-5)12-7-6-8-13(10-12)21-16(17,18)19/h6-8,10-11,14,20H,9H2,1-5H3. The first-order valence-corrected chi connectivity index (χ1v) is 7.06. The maximum absolute atomic E-state index is 12.3. The maximum Gasteiger partial charge on any atom is 0.573 e. The van der Waals surface area contributed by atoms with Crippen LogP contribution in [0.2, 0.25) is 0 Å². The molecule has 120 valence electrons. The Labute approximate surface area is 124 Å². The number of benzene rings is 1. The van der Waals surface area contributed by atoms with E-state index < -0.39 is 6.36 Å². The summed E-state index contributed by atoms with van der Waals surface area (Å²) in [6.45, 7) is 8.63. The highest BCUT2D eigenvalue weighted by molar-refractivity contribution is 5.30. The Kier molecular flexibility index (Phi) is 5.68. The number of rotatable bonds is 5. The third kappa shape index (κ3) is 5.96. The number of alkyl halides is 3. The van der Waals surface area contributed by atoms with Gasteiger partial charge in [-0.2, -0.15) is 0 Å². The molecule has 0 amide bonds. The van der Waals surface area contributed by atoms with Gasteiger partial charge in [-0.1, -0.05) is 39.8 Å².